The van der Waals surface area contributed by atoms with Crippen molar-refractivity contribution in [3.05, 3.63) is 34.0 Å². The molecule has 0 fully saturated rings. The summed E-state index contributed by atoms with van der Waals surface area (Å²) in [7, 11) is 2.02. The molecule has 17 heavy (non-hydrogen) atoms. The van der Waals surface area contributed by atoms with E-state index in [1.54, 1.807) is 24.3 Å². The first-order valence-corrected chi connectivity index (χ1v) is 6.51. The van der Waals surface area contributed by atoms with Crippen LogP contribution in [0.25, 0.3) is 0 Å². The lowest BCUT2D eigenvalue weighted by Crippen LogP contribution is -2.31. The first-order chi connectivity index (χ1) is 8.00. The Kier molecular flexibility index (Phi) is 5.38. The van der Waals surface area contributed by atoms with Gasteiger partial charge in [0, 0.05) is 23.0 Å². The molecule has 1 atom stereocenters. The van der Waals surface area contributed by atoms with Crippen LogP contribution >= 0.6 is 11.3 Å². The van der Waals surface area contributed by atoms with Crippen LogP contribution in [0.4, 0.5) is 0 Å². The van der Waals surface area contributed by atoms with Crippen LogP contribution in [0, 0.1) is 0 Å². The number of aliphatic carboxylic acids is 1. The first kappa shape index (κ1) is 13.9. The van der Waals surface area contributed by atoms with Gasteiger partial charge in [0.15, 0.2) is 0 Å². The van der Waals surface area contributed by atoms with Crippen molar-refractivity contribution >= 4 is 17.3 Å². The Hall–Kier alpha value is -1.13. The fraction of sp³-hybridized carbons (Fsp3) is 0.462. The van der Waals surface area contributed by atoms with Crippen LogP contribution in [0.2, 0.25) is 0 Å². The van der Waals surface area contributed by atoms with Crippen LogP contribution in [0.3, 0.4) is 0 Å². The topological polar surface area (TPSA) is 40.5 Å². The van der Waals surface area contributed by atoms with Crippen LogP contribution in [-0.2, 0) is 11.2 Å². The number of thiophene rings is 1. The summed E-state index contributed by atoms with van der Waals surface area (Å²) in [5, 5.41) is 10.8. The molecular formula is C13H19NO2S. The van der Waals surface area contributed by atoms with E-state index >= 15 is 0 Å². The number of carboxylic acids is 1. The number of rotatable bonds is 6. The van der Waals surface area contributed by atoms with Crippen molar-refractivity contribution in [1.29, 1.82) is 0 Å². The van der Waals surface area contributed by atoms with E-state index in [0.717, 1.165) is 6.42 Å². The zero-order valence-electron chi connectivity index (χ0n) is 10.5. The average Bonchev–Trinajstić information content (AvgIpc) is 2.77. The molecule has 0 aromatic carbocycles. The van der Waals surface area contributed by atoms with Crippen LogP contribution in [0.1, 0.15) is 18.7 Å². The van der Waals surface area contributed by atoms with Crippen molar-refractivity contribution in [3.63, 3.8) is 0 Å². The van der Waals surface area contributed by atoms with Gasteiger partial charge in [-0.05, 0) is 38.8 Å². The minimum absolute atomic E-state index is 0.403. The van der Waals surface area contributed by atoms with Crippen molar-refractivity contribution in [2.45, 2.75) is 26.3 Å². The summed E-state index contributed by atoms with van der Waals surface area (Å²) in [6, 6.07) is 4.60. The van der Waals surface area contributed by atoms with E-state index in [0.29, 0.717) is 18.2 Å². The SMILES string of the molecule is CC(=CCN(C)C(C)Cc1cccs1)C(=O)O. The largest absolute Gasteiger partial charge is 0.478 e. The molecule has 94 valence electrons. The minimum Gasteiger partial charge on any atom is -0.478 e. The molecule has 4 heteroatoms. The summed E-state index contributed by atoms with van der Waals surface area (Å²) in [6.07, 6.45) is 2.77. The Bertz CT molecular complexity index is 384. The van der Waals surface area contributed by atoms with Gasteiger partial charge in [-0.25, -0.2) is 4.79 Å². The van der Waals surface area contributed by atoms with Crippen molar-refractivity contribution in [1.82, 2.24) is 4.90 Å². The zero-order valence-corrected chi connectivity index (χ0v) is 11.3. The van der Waals surface area contributed by atoms with Gasteiger partial charge in [-0.3, -0.25) is 4.90 Å². The number of carboxylic acid groups (broad SMARTS) is 1. The third-order valence-electron chi connectivity index (χ3n) is 2.85. The molecule has 1 N–H and O–H groups in total. The Morgan fingerprint density at radius 2 is 2.35 bits per heavy atom. The Morgan fingerprint density at radius 1 is 1.65 bits per heavy atom. The molecule has 1 rings (SSSR count). The normalized spacial score (nSPS) is 14.0. The van der Waals surface area contributed by atoms with Crippen molar-refractivity contribution in [3.8, 4) is 0 Å². The highest BCUT2D eigenvalue weighted by Gasteiger charge is 2.10. The van der Waals surface area contributed by atoms with Gasteiger partial charge in [-0.2, -0.15) is 0 Å². The summed E-state index contributed by atoms with van der Waals surface area (Å²) < 4.78 is 0. The smallest absolute Gasteiger partial charge is 0.330 e. The highest BCUT2D eigenvalue weighted by molar-refractivity contribution is 7.09. The standard InChI is InChI=1S/C13H19NO2S/c1-10(13(15)16)6-7-14(3)11(2)9-12-5-4-8-17-12/h4-6,8,11H,7,9H2,1-3H3,(H,15,16). The van der Waals surface area contributed by atoms with Crippen LogP contribution in [-0.4, -0.2) is 35.6 Å². The van der Waals surface area contributed by atoms with Gasteiger partial charge in [-0.15, -0.1) is 11.3 Å². The molecule has 0 spiro atoms. The molecule has 0 bridgehead atoms. The summed E-state index contributed by atoms with van der Waals surface area (Å²) in [5.74, 6) is -0.843. The molecule has 1 aromatic rings. The van der Waals surface area contributed by atoms with Gasteiger partial charge in [0.25, 0.3) is 0 Å². The second-order valence-electron chi connectivity index (χ2n) is 4.26. The van der Waals surface area contributed by atoms with E-state index in [1.807, 2.05) is 7.05 Å². The summed E-state index contributed by atoms with van der Waals surface area (Å²) in [4.78, 5) is 14.2. The summed E-state index contributed by atoms with van der Waals surface area (Å²) >= 11 is 1.76. The van der Waals surface area contributed by atoms with Crippen molar-refractivity contribution < 1.29 is 9.90 Å². The maximum absolute atomic E-state index is 10.7. The molecule has 1 unspecified atom stereocenters. The molecule has 1 aromatic heterocycles. The summed E-state index contributed by atoms with van der Waals surface area (Å²) in [5.41, 5.74) is 0.403. The Morgan fingerprint density at radius 3 is 2.88 bits per heavy atom. The van der Waals surface area contributed by atoms with E-state index in [9.17, 15) is 4.79 Å². The number of hydrogen-bond acceptors (Lipinski definition) is 3. The molecule has 1 heterocycles. The molecule has 0 aliphatic heterocycles. The second kappa shape index (κ2) is 6.57. The summed E-state index contributed by atoms with van der Waals surface area (Å²) in [6.45, 7) is 4.45. The minimum atomic E-state index is -0.843. The van der Waals surface area contributed by atoms with Gasteiger partial charge in [0.05, 0.1) is 0 Å². The van der Waals surface area contributed by atoms with Gasteiger partial charge < -0.3 is 5.11 Å². The number of hydrogen-bond donors (Lipinski definition) is 1. The fourth-order valence-electron chi connectivity index (χ4n) is 1.42. The van der Waals surface area contributed by atoms with Gasteiger partial charge in [0.1, 0.15) is 0 Å². The predicted molar refractivity (Wildman–Crippen MR) is 71.5 cm³/mol. The van der Waals surface area contributed by atoms with Crippen molar-refractivity contribution in [2.24, 2.45) is 0 Å². The van der Waals surface area contributed by atoms with Gasteiger partial charge in [0.2, 0.25) is 0 Å². The molecule has 0 saturated heterocycles. The van der Waals surface area contributed by atoms with E-state index in [1.165, 1.54) is 4.88 Å². The highest BCUT2D eigenvalue weighted by atomic mass is 32.1. The maximum Gasteiger partial charge on any atom is 0.330 e. The number of nitrogens with zero attached hydrogens (tertiary/aromatic N) is 1. The first-order valence-electron chi connectivity index (χ1n) is 5.63. The third kappa shape index (κ3) is 4.71. The lowest BCUT2D eigenvalue weighted by Gasteiger charge is -2.22. The van der Waals surface area contributed by atoms with Crippen LogP contribution < -0.4 is 0 Å². The predicted octanol–water partition coefficient (Wildman–Crippen LogP) is 2.64. The Labute approximate surface area is 106 Å². The lowest BCUT2D eigenvalue weighted by molar-refractivity contribution is -0.132. The van der Waals surface area contributed by atoms with Crippen LogP contribution in [0.15, 0.2) is 29.2 Å². The highest BCUT2D eigenvalue weighted by Crippen LogP contribution is 2.13. The van der Waals surface area contributed by atoms with Crippen molar-refractivity contribution in [2.75, 3.05) is 13.6 Å². The van der Waals surface area contributed by atoms with E-state index in [2.05, 4.69) is 29.3 Å². The van der Waals surface area contributed by atoms with E-state index in [-0.39, 0.29) is 0 Å². The molecule has 0 radical (unpaired) electrons. The zero-order chi connectivity index (χ0) is 12.8. The second-order valence-corrected chi connectivity index (χ2v) is 5.30. The monoisotopic (exact) mass is 253 g/mol. The third-order valence-corrected chi connectivity index (χ3v) is 3.75. The van der Waals surface area contributed by atoms with Gasteiger partial charge in [-0.1, -0.05) is 12.1 Å². The quantitative estimate of drug-likeness (QED) is 0.792. The fourth-order valence-corrected chi connectivity index (χ4v) is 2.25. The molecular weight excluding hydrogens is 234 g/mol. The average molecular weight is 253 g/mol. The number of likely N-dealkylation sites (N-methyl/N-ethyl adjacent to an activating group) is 1. The lowest BCUT2D eigenvalue weighted by atomic mass is 10.2. The molecule has 0 aliphatic rings. The molecule has 0 amide bonds. The van der Waals surface area contributed by atoms with Crippen LogP contribution in [0.5, 0.6) is 0 Å². The molecule has 0 saturated carbocycles. The Balaban J connectivity index is 2.44. The number of carbonyl (C=O) groups is 1. The molecule has 3 nitrogen and oxygen atoms in total. The van der Waals surface area contributed by atoms with Gasteiger partial charge >= 0.3 is 5.97 Å². The van der Waals surface area contributed by atoms with E-state index < -0.39 is 5.97 Å². The molecule has 0 aliphatic carbocycles. The van der Waals surface area contributed by atoms with E-state index in [4.69, 9.17) is 5.11 Å². The maximum atomic E-state index is 10.7.